The minimum Gasteiger partial charge on any atom is -0.483 e. The molecule has 0 aromatic heterocycles. The Kier molecular flexibility index (Phi) is 7.68. The average Bonchev–Trinajstić information content (AvgIpc) is 2.69. The van der Waals surface area contributed by atoms with Crippen LogP contribution in [0.25, 0.3) is 0 Å². The van der Waals surface area contributed by atoms with Gasteiger partial charge in [0, 0.05) is 25.2 Å². The molecule has 0 saturated heterocycles. The second-order valence-corrected chi connectivity index (χ2v) is 6.62. The van der Waals surface area contributed by atoms with Gasteiger partial charge in [0.05, 0.1) is 6.04 Å². The number of carbonyl (C=O) groups is 2. The Morgan fingerprint density at radius 3 is 2.27 bits per heavy atom. The molecule has 1 unspecified atom stereocenters. The van der Waals surface area contributed by atoms with Crippen LogP contribution in [0, 0.1) is 0 Å². The van der Waals surface area contributed by atoms with Crippen LogP contribution in [0.2, 0.25) is 0 Å². The van der Waals surface area contributed by atoms with Gasteiger partial charge < -0.3 is 19.7 Å². The summed E-state index contributed by atoms with van der Waals surface area (Å²) in [6.45, 7) is 1.72. The maximum absolute atomic E-state index is 12.6. The Morgan fingerprint density at radius 2 is 1.70 bits per heavy atom. The number of amides is 2. The highest BCUT2D eigenvalue weighted by Gasteiger charge is 2.31. The van der Waals surface area contributed by atoms with E-state index < -0.39 is 24.1 Å². The highest BCUT2D eigenvalue weighted by molar-refractivity contribution is 5.94. The molecule has 0 radical (unpaired) electrons. The predicted octanol–water partition coefficient (Wildman–Crippen LogP) is 3.93. The lowest BCUT2D eigenvalue weighted by molar-refractivity contribution is -0.274. The van der Waals surface area contributed by atoms with Gasteiger partial charge in [-0.05, 0) is 36.8 Å². The summed E-state index contributed by atoms with van der Waals surface area (Å²) in [6.07, 6.45) is -4.27. The van der Waals surface area contributed by atoms with Crippen molar-refractivity contribution in [1.82, 2.24) is 10.2 Å². The van der Waals surface area contributed by atoms with Crippen LogP contribution < -0.4 is 14.8 Å². The smallest absolute Gasteiger partial charge is 0.483 e. The molecule has 2 rings (SSSR count). The van der Waals surface area contributed by atoms with Gasteiger partial charge in [0.25, 0.3) is 11.8 Å². The van der Waals surface area contributed by atoms with Gasteiger partial charge in [-0.25, -0.2) is 0 Å². The minimum absolute atomic E-state index is 0.144. The van der Waals surface area contributed by atoms with Crippen molar-refractivity contribution in [1.29, 1.82) is 0 Å². The second kappa shape index (κ2) is 10.00. The summed E-state index contributed by atoms with van der Waals surface area (Å²) < 4.78 is 46.2. The molecule has 2 amide bonds. The quantitative estimate of drug-likeness (QED) is 0.697. The zero-order valence-electron chi connectivity index (χ0n) is 16.8. The first-order valence-corrected chi connectivity index (χ1v) is 9.19. The zero-order chi connectivity index (χ0) is 22.3. The first kappa shape index (κ1) is 23.1. The van der Waals surface area contributed by atoms with E-state index in [9.17, 15) is 22.8 Å². The molecule has 9 heteroatoms. The molecule has 1 N–H and O–H groups in total. The van der Waals surface area contributed by atoms with Crippen molar-refractivity contribution in [2.24, 2.45) is 0 Å². The molecule has 0 aliphatic heterocycles. The van der Waals surface area contributed by atoms with Crippen molar-refractivity contribution >= 4 is 11.8 Å². The van der Waals surface area contributed by atoms with Crippen LogP contribution in [0.1, 0.15) is 35.3 Å². The molecule has 0 heterocycles. The lowest BCUT2D eigenvalue weighted by atomic mass is 10.0. The van der Waals surface area contributed by atoms with Crippen LogP contribution in [0.4, 0.5) is 13.2 Å². The van der Waals surface area contributed by atoms with Crippen molar-refractivity contribution in [2.45, 2.75) is 25.7 Å². The monoisotopic (exact) mass is 424 g/mol. The summed E-state index contributed by atoms with van der Waals surface area (Å²) in [5, 5.41) is 2.84. The summed E-state index contributed by atoms with van der Waals surface area (Å²) in [7, 11) is 3.25. The molecule has 1 atom stereocenters. The normalized spacial score (nSPS) is 12.1. The maximum Gasteiger partial charge on any atom is 0.573 e. The maximum atomic E-state index is 12.6. The number of halogens is 3. The number of carbonyl (C=O) groups excluding carboxylic acids is 2. The van der Waals surface area contributed by atoms with E-state index in [4.69, 9.17) is 4.74 Å². The number of ether oxygens (including phenoxy) is 2. The lowest BCUT2D eigenvalue weighted by Gasteiger charge is -2.21. The standard InChI is InChI=1S/C21H23F3N2O4/c1-4-17(16-7-5-6-8-18(16)29-13-19(27)26(2)3)25-20(28)14-9-11-15(12-10-14)30-21(22,23)24/h5-12,17H,4,13H2,1-3H3,(H,25,28). The lowest BCUT2D eigenvalue weighted by Crippen LogP contribution is -2.30. The molecular weight excluding hydrogens is 401 g/mol. The van der Waals surface area contributed by atoms with Gasteiger partial charge in [0.1, 0.15) is 11.5 Å². The number of hydrogen-bond acceptors (Lipinski definition) is 4. The van der Waals surface area contributed by atoms with Crippen molar-refractivity contribution < 1.29 is 32.2 Å². The number of para-hydroxylation sites is 1. The van der Waals surface area contributed by atoms with E-state index in [1.807, 2.05) is 6.92 Å². The molecule has 0 bridgehead atoms. The van der Waals surface area contributed by atoms with Gasteiger partial charge in [-0.15, -0.1) is 13.2 Å². The third-order valence-corrected chi connectivity index (χ3v) is 4.21. The molecule has 0 aliphatic rings. The molecule has 30 heavy (non-hydrogen) atoms. The van der Waals surface area contributed by atoms with Crippen molar-refractivity contribution in [3.8, 4) is 11.5 Å². The SMILES string of the molecule is CCC(NC(=O)c1ccc(OC(F)(F)F)cc1)c1ccccc1OCC(=O)N(C)C. The molecular formula is C21H23F3N2O4. The van der Waals surface area contributed by atoms with Crippen LogP contribution in [-0.2, 0) is 4.79 Å². The van der Waals surface area contributed by atoms with Gasteiger partial charge in [0.2, 0.25) is 0 Å². The number of nitrogens with zero attached hydrogens (tertiary/aromatic N) is 1. The van der Waals surface area contributed by atoms with E-state index in [1.54, 1.807) is 38.4 Å². The number of rotatable bonds is 8. The first-order valence-electron chi connectivity index (χ1n) is 9.19. The number of nitrogens with one attached hydrogen (secondary N) is 1. The number of alkyl halides is 3. The van der Waals surface area contributed by atoms with Crippen molar-refractivity contribution in [3.05, 3.63) is 59.7 Å². The van der Waals surface area contributed by atoms with Gasteiger partial charge in [-0.1, -0.05) is 25.1 Å². The van der Waals surface area contributed by atoms with Gasteiger partial charge in [-0.2, -0.15) is 0 Å². The minimum atomic E-state index is -4.80. The van der Waals surface area contributed by atoms with E-state index >= 15 is 0 Å². The fourth-order valence-corrected chi connectivity index (χ4v) is 2.62. The third-order valence-electron chi connectivity index (χ3n) is 4.21. The average molecular weight is 424 g/mol. The summed E-state index contributed by atoms with van der Waals surface area (Å²) in [6, 6.07) is 11.3. The van der Waals surface area contributed by atoms with Gasteiger partial charge >= 0.3 is 6.36 Å². The number of benzene rings is 2. The Bertz CT molecular complexity index is 867. The van der Waals surface area contributed by atoms with E-state index in [-0.39, 0.29) is 18.1 Å². The number of likely N-dealkylation sites (N-methyl/N-ethyl adjacent to an activating group) is 1. The van der Waals surface area contributed by atoms with E-state index in [0.717, 1.165) is 12.1 Å². The Hall–Kier alpha value is -3.23. The topological polar surface area (TPSA) is 67.9 Å². The molecule has 2 aromatic rings. The molecule has 162 valence electrons. The zero-order valence-corrected chi connectivity index (χ0v) is 16.8. The highest BCUT2D eigenvalue weighted by Crippen LogP contribution is 2.28. The van der Waals surface area contributed by atoms with Gasteiger partial charge in [-0.3, -0.25) is 9.59 Å². The third kappa shape index (κ3) is 6.68. The van der Waals surface area contributed by atoms with E-state index in [2.05, 4.69) is 10.1 Å². The molecule has 0 spiro atoms. The fraction of sp³-hybridized carbons (Fsp3) is 0.333. The van der Waals surface area contributed by atoms with E-state index in [1.165, 1.54) is 17.0 Å². The van der Waals surface area contributed by atoms with Crippen molar-refractivity contribution in [2.75, 3.05) is 20.7 Å². The van der Waals surface area contributed by atoms with E-state index in [0.29, 0.717) is 17.7 Å². The molecule has 0 aliphatic carbocycles. The largest absolute Gasteiger partial charge is 0.573 e. The van der Waals surface area contributed by atoms with Crippen LogP contribution in [0.3, 0.4) is 0 Å². The first-order chi connectivity index (χ1) is 14.1. The Morgan fingerprint density at radius 1 is 1.07 bits per heavy atom. The second-order valence-electron chi connectivity index (χ2n) is 6.62. The summed E-state index contributed by atoms with van der Waals surface area (Å²) >= 11 is 0. The van der Waals surface area contributed by atoms with Crippen LogP contribution in [0.5, 0.6) is 11.5 Å². The molecule has 0 fully saturated rings. The molecule has 6 nitrogen and oxygen atoms in total. The Labute approximate surface area is 172 Å². The molecule has 0 saturated carbocycles. The summed E-state index contributed by atoms with van der Waals surface area (Å²) in [4.78, 5) is 25.8. The Balaban J connectivity index is 2.11. The van der Waals surface area contributed by atoms with Crippen LogP contribution >= 0.6 is 0 Å². The van der Waals surface area contributed by atoms with Gasteiger partial charge in [0.15, 0.2) is 6.61 Å². The van der Waals surface area contributed by atoms with Crippen LogP contribution in [-0.4, -0.2) is 43.8 Å². The van der Waals surface area contributed by atoms with Crippen molar-refractivity contribution in [3.63, 3.8) is 0 Å². The number of hydrogen-bond donors (Lipinski definition) is 1. The molecule has 2 aromatic carbocycles. The summed E-state index contributed by atoms with van der Waals surface area (Å²) in [5.74, 6) is -0.605. The highest BCUT2D eigenvalue weighted by atomic mass is 19.4. The summed E-state index contributed by atoms with van der Waals surface area (Å²) in [5.41, 5.74) is 0.876. The van der Waals surface area contributed by atoms with Crippen LogP contribution in [0.15, 0.2) is 48.5 Å². The fourth-order valence-electron chi connectivity index (χ4n) is 2.62. The predicted molar refractivity (Wildman–Crippen MR) is 104 cm³/mol.